The molecule has 0 saturated carbocycles. The molecule has 1 aromatic rings. The summed E-state index contributed by atoms with van der Waals surface area (Å²) in [7, 11) is -6.09. The molecule has 1 aromatic carbocycles. The van der Waals surface area contributed by atoms with E-state index in [4.69, 9.17) is 0 Å². The number of benzene rings is 1. The van der Waals surface area contributed by atoms with Crippen LogP contribution < -0.4 is 5.32 Å². The van der Waals surface area contributed by atoms with Gasteiger partial charge in [0.05, 0.1) is 22.2 Å². The van der Waals surface area contributed by atoms with Crippen molar-refractivity contribution in [3.8, 4) is 0 Å². The van der Waals surface area contributed by atoms with Gasteiger partial charge in [-0.2, -0.15) is 0 Å². The van der Waals surface area contributed by atoms with Gasteiger partial charge in [-0.25, -0.2) is 16.8 Å². The minimum Gasteiger partial charge on any atom is -0.309 e. The molecule has 2 unspecified atom stereocenters. The second kappa shape index (κ2) is 4.82. The van der Waals surface area contributed by atoms with Crippen LogP contribution in [-0.2, 0) is 19.7 Å². The van der Waals surface area contributed by atoms with Crippen LogP contribution in [0.3, 0.4) is 0 Å². The van der Waals surface area contributed by atoms with Gasteiger partial charge >= 0.3 is 0 Å². The minimum atomic E-state index is -3.20. The lowest BCUT2D eigenvalue weighted by Gasteiger charge is -2.15. The molecule has 1 fully saturated rings. The Labute approximate surface area is 119 Å². The highest BCUT2D eigenvalue weighted by molar-refractivity contribution is 7.92. The van der Waals surface area contributed by atoms with Crippen molar-refractivity contribution in [2.24, 2.45) is 5.92 Å². The second-order valence-electron chi connectivity index (χ2n) is 5.55. The molecule has 0 radical (unpaired) electrons. The Morgan fingerprint density at radius 1 is 1.10 bits per heavy atom. The summed E-state index contributed by atoms with van der Waals surface area (Å²) in [6.07, 6.45) is 0.663. The molecule has 20 heavy (non-hydrogen) atoms. The van der Waals surface area contributed by atoms with Gasteiger partial charge in [0, 0.05) is 6.04 Å². The summed E-state index contributed by atoms with van der Waals surface area (Å²) in [5, 5.41) is 3.23. The molecule has 3 rings (SSSR count). The van der Waals surface area contributed by atoms with Gasteiger partial charge in [-0.1, -0.05) is 18.2 Å². The van der Waals surface area contributed by atoms with Crippen LogP contribution in [0, 0.1) is 5.92 Å². The number of hydrogen-bond acceptors (Lipinski definition) is 5. The van der Waals surface area contributed by atoms with Gasteiger partial charge in [-0.05, 0) is 30.5 Å². The summed E-state index contributed by atoms with van der Waals surface area (Å²) >= 11 is 0. The summed E-state index contributed by atoms with van der Waals surface area (Å²) in [6.45, 7) is 0.549. The Kier molecular flexibility index (Phi) is 3.38. The number of sulfone groups is 2. The third-order valence-corrected chi connectivity index (χ3v) is 7.65. The lowest BCUT2D eigenvalue weighted by Crippen LogP contribution is -2.29. The molecule has 1 saturated heterocycles. The molecular formula is C13H17NO4S2. The Morgan fingerprint density at radius 3 is 2.55 bits per heavy atom. The first kappa shape index (κ1) is 14.0. The van der Waals surface area contributed by atoms with Gasteiger partial charge in [-0.15, -0.1) is 0 Å². The predicted octanol–water partition coefficient (Wildman–Crippen LogP) is 0.539. The molecule has 7 heteroatoms. The number of hydrogen-bond donors (Lipinski definition) is 1. The molecule has 2 aliphatic heterocycles. The van der Waals surface area contributed by atoms with Gasteiger partial charge in [0.25, 0.3) is 0 Å². The molecular weight excluding hydrogens is 298 g/mol. The molecule has 0 bridgehead atoms. The van der Waals surface area contributed by atoms with Crippen molar-refractivity contribution in [3.63, 3.8) is 0 Å². The normalized spacial score (nSPS) is 30.2. The van der Waals surface area contributed by atoms with Crippen LogP contribution >= 0.6 is 0 Å². The van der Waals surface area contributed by atoms with Crippen LogP contribution in [0.15, 0.2) is 29.2 Å². The van der Waals surface area contributed by atoms with Crippen LogP contribution in [-0.4, -0.2) is 40.6 Å². The van der Waals surface area contributed by atoms with E-state index in [9.17, 15) is 16.8 Å². The molecule has 2 aliphatic rings. The smallest absolute Gasteiger partial charge is 0.180 e. The molecule has 0 amide bonds. The highest BCUT2D eigenvalue weighted by Gasteiger charge is 2.35. The number of fused-ring (bicyclic) bond motifs is 1. The van der Waals surface area contributed by atoms with Crippen molar-refractivity contribution in [2.75, 3.05) is 23.8 Å². The van der Waals surface area contributed by atoms with Gasteiger partial charge in [0.15, 0.2) is 19.7 Å². The predicted molar refractivity (Wildman–Crippen MR) is 76.0 cm³/mol. The van der Waals surface area contributed by atoms with Crippen LogP contribution in [0.4, 0.5) is 0 Å². The zero-order valence-corrected chi connectivity index (χ0v) is 12.6. The first-order valence-corrected chi connectivity index (χ1v) is 10.1. The first-order chi connectivity index (χ1) is 9.37. The molecule has 2 heterocycles. The van der Waals surface area contributed by atoms with E-state index >= 15 is 0 Å². The van der Waals surface area contributed by atoms with E-state index in [2.05, 4.69) is 5.32 Å². The van der Waals surface area contributed by atoms with Gasteiger partial charge in [0.2, 0.25) is 0 Å². The third-order valence-electron chi connectivity index (χ3n) is 4.00. The fraction of sp³-hybridized carbons (Fsp3) is 0.538. The first-order valence-electron chi connectivity index (χ1n) is 6.63. The number of rotatable bonds is 3. The molecule has 1 N–H and O–H groups in total. The van der Waals surface area contributed by atoms with Crippen LogP contribution in [0.2, 0.25) is 0 Å². The topological polar surface area (TPSA) is 80.3 Å². The average Bonchev–Trinajstić information content (AvgIpc) is 2.86. The lowest BCUT2D eigenvalue weighted by molar-refractivity contribution is 0.478. The van der Waals surface area contributed by atoms with Crippen LogP contribution in [0.25, 0.3) is 0 Å². The van der Waals surface area contributed by atoms with Crippen molar-refractivity contribution < 1.29 is 16.8 Å². The van der Waals surface area contributed by atoms with Crippen molar-refractivity contribution in [1.82, 2.24) is 5.32 Å². The second-order valence-corrected chi connectivity index (χ2v) is 9.78. The fourth-order valence-corrected chi connectivity index (χ4v) is 6.59. The minimum absolute atomic E-state index is 0.0613. The van der Waals surface area contributed by atoms with Crippen LogP contribution in [0.1, 0.15) is 18.0 Å². The Balaban J connectivity index is 1.71. The summed E-state index contributed by atoms with van der Waals surface area (Å²) in [5.74, 6) is 0.613. The SMILES string of the molecule is O=S1(=O)CCC(CNC2CS(=O)(=O)c3ccccc32)C1. The number of nitrogens with one attached hydrogen (secondary N) is 1. The largest absolute Gasteiger partial charge is 0.309 e. The van der Waals surface area contributed by atoms with E-state index in [-0.39, 0.29) is 29.2 Å². The summed E-state index contributed by atoms with van der Waals surface area (Å²) in [5.41, 5.74) is 0.799. The van der Waals surface area contributed by atoms with Crippen molar-refractivity contribution in [3.05, 3.63) is 29.8 Å². The average molecular weight is 315 g/mol. The fourth-order valence-electron chi connectivity index (χ4n) is 2.96. The zero-order valence-electron chi connectivity index (χ0n) is 10.9. The Morgan fingerprint density at radius 2 is 1.85 bits per heavy atom. The molecule has 5 nitrogen and oxygen atoms in total. The van der Waals surface area contributed by atoms with Crippen molar-refractivity contribution in [1.29, 1.82) is 0 Å². The summed E-state index contributed by atoms with van der Waals surface area (Å²) < 4.78 is 46.9. The third kappa shape index (κ3) is 2.62. The standard InChI is InChI=1S/C13H17NO4S2/c15-19(16)6-5-10(8-19)7-14-12-9-20(17,18)13-4-2-1-3-11(12)13/h1-4,10,12,14H,5-9H2. The maximum absolute atomic E-state index is 12.0. The van der Waals surface area contributed by atoms with Gasteiger partial charge in [0.1, 0.15) is 0 Å². The molecule has 2 atom stereocenters. The highest BCUT2D eigenvalue weighted by atomic mass is 32.2. The van der Waals surface area contributed by atoms with E-state index in [1.807, 2.05) is 12.1 Å². The molecule has 110 valence electrons. The zero-order chi connectivity index (χ0) is 14.4. The van der Waals surface area contributed by atoms with E-state index in [1.165, 1.54) is 0 Å². The van der Waals surface area contributed by atoms with E-state index in [1.54, 1.807) is 12.1 Å². The van der Waals surface area contributed by atoms with Crippen molar-refractivity contribution in [2.45, 2.75) is 17.4 Å². The molecule has 0 aliphatic carbocycles. The summed E-state index contributed by atoms with van der Waals surface area (Å²) in [6, 6.07) is 6.78. The quantitative estimate of drug-likeness (QED) is 0.880. The Bertz CT molecular complexity index is 724. The van der Waals surface area contributed by atoms with E-state index < -0.39 is 19.7 Å². The van der Waals surface area contributed by atoms with E-state index in [0.717, 1.165) is 5.56 Å². The monoisotopic (exact) mass is 315 g/mol. The summed E-state index contributed by atoms with van der Waals surface area (Å²) in [4.78, 5) is 0.400. The highest BCUT2D eigenvalue weighted by Crippen LogP contribution is 2.33. The van der Waals surface area contributed by atoms with Crippen molar-refractivity contribution >= 4 is 19.7 Å². The maximum Gasteiger partial charge on any atom is 0.180 e. The van der Waals surface area contributed by atoms with Gasteiger partial charge in [-0.3, -0.25) is 0 Å². The molecule has 0 spiro atoms. The van der Waals surface area contributed by atoms with Crippen LogP contribution in [0.5, 0.6) is 0 Å². The molecule has 0 aromatic heterocycles. The lowest BCUT2D eigenvalue weighted by atomic mass is 10.1. The van der Waals surface area contributed by atoms with Gasteiger partial charge < -0.3 is 5.32 Å². The maximum atomic E-state index is 12.0. The Hall–Kier alpha value is -0.920. The van der Waals surface area contributed by atoms with E-state index in [0.29, 0.717) is 17.9 Å².